The summed E-state index contributed by atoms with van der Waals surface area (Å²) in [6.45, 7) is 3.47. The Labute approximate surface area is 102 Å². The number of hydrogen-bond donors (Lipinski definition) is 1. The highest BCUT2D eigenvalue weighted by Crippen LogP contribution is 2.20. The molecule has 1 aromatic heterocycles. The summed E-state index contributed by atoms with van der Waals surface area (Å²) >= 11 is 0. The molecule has 0 saturated carbocycles. The third-order valence-corrected chi connectivity index (χ3v) is 3.10. The average molecular weight is 236 g/mol. The number of anilines is 1. The number of methoxy groups -OCH3 is 1. The lowest BCUT2D eigenvalue weighted by Gasteiger charge is -2.16. The second-order valence-corrected chi connectivity index (χ2v) is 4.49. The maximum absolute atomic E-state index is 5.49. The molecule has 0 amide bonds. The van der Waals surface area contributed by atoms with Gasteiger partial charge in [0.1, 0.15) is 0 Å². The van der Waals surface area contributed by atoms with E-state index in [0.29, 0.717) is 12.5 Å². The normalized spacial score (nSPS) is 19.9. The number of aromatic nitrogens is 2. The Morgan fingerprint density at radius 3 is 2.88 bits per heavy atom. The van der Waals surface area contributed by atoms with Crippen LogP contribution >= 0.6 is 0 Å². The van der Waals surface area contributed by atoms with Crippen LogP contribution in [0.4, 0.5) is 5.95 Å². The Kier molecular flexibility index (Phi) is 4.28. The predicted octanol–water partition coefficient (Wildman–Crippen LogP) is 0.450. The zero-order valence-electron chi connectivity index (χ0n) is 10.3. The molecule has 1 unspecified atom stereocenters. The number of rotatable bonds is 5. The van der Waals surface area contributed by atoms with E-state index in [1.54, 1.807) is 7.11 Å². The molecule has 1 aliphatic heterocycles. The van der Waals surface area contributed by atoms with Crippen molar-refractivity contribution in [2.45, 2.75) is 12.8 Å². The third kappa shape index (κ3) is 3.14. The van der Waals surface area contributed by atoms with Gasteiger partial charge in [-0.15, -0.1) is 0 Å². The van der Waals surface area contributed by atoms with Gasteiger partial charge < -0.3 is 15.4 Å². The van der Waals surface area contributed by atoms with E-state index in [1.807, 2.05) is 12.4 Å². The van der Waals surface area contributed by atoms with Crippen LogP contribution in [0.15, 0.2) is 12.4 Å². The SMILES string of the molecule is COCC1CCN(c2ncc(CCN)cn2)C1. The molecule has 2 rings (SSSR count). The molecule has 5 heteroatoms. The topological polar surface area (TPSA) is 64.3 Å². The van der Waals surface area contributed by atoms with Crippen LogP contribution in [-0.2, 0) is 11.2 Å². The van der Waals surface area contributed by atoms with Gasteiger partial charge >= 0.3 is 0 Å². The van der Waals surface area contributed by atoms with E-state index in [9.17, 15) is 0 Å². The zero-order chi connectivity index (χ0) is 12.1. The van der Waals surface area contributed by atoms with Gasteiger partial charge in [0.05, 0.1) is 6.61 Å². The van der Waals surface area contributed by atoms with Crippen LogP contribution < -0.4 is 10.6 Å². The molecule has 0 radical (unpaired) electrons. The first-order valence-corrected chi connectivity index (χ1v) is 6.08. The molecule has 0 spiro atoms. The smallest absolute Gasteiger partial charge is 0.225 e. The lowest BCUT2D eigenvalue weighted by atomic mass is 10.1. The van der Waals surface area contributed by atoms with Gasteiger partial charge in [0, 0.05) is 38.5 Å². The standard InChI is InChI=1S/C12H20N4O/c1-17-9-11-3-5-16(8-11)12-14-6-10(2-4-13)7-15-12/h6-7,11H,2-5,8-9,13H2,1H3. The predicted molar refractivity (Wildman–Crippen MR) is 67.0 cm³/mol. The van der Waals surface area contributed by atoms with Crippen molar-refractivity contribution in [2.24, 2.45) is 11.7 Å². The van der Waals surface area contributed by atoms with Crippen molar-refractivity contribution in [1.29, 1.82) is 0 Å². The highest BCUT2D eigenvalue weighted by molar-refractivity contribution is 5.31. The summed E-state index contributed by atoms with van der Waals surface area (Å²) in [5.74, 6) is 1.43. The molecule has 1 atom stereocenters. The monoisotopic (exact) mass is 236 g/mol. The van der Waals surface area contributed by atoms with Crippen molar-refractivity contribution < 1.29 is 4.74 Å². The van der Waals surface area contributed by atoms with Crippen LogP contribution in [-0.4, -0.2) is 43.3 Å². The fraction of sp³-hybridized carbons (Fsp3) is 0.667. The summed E-state index contributed by atoms with van der Waals surface area (Å²) in [4.78, 5) is 11.0. The third-order valence-electron chi connectivity index (χ3n) is 3.10. The van der Waals surface area contributed by atoms with E-state index in [0.717, 1.165) is 44.0 Å². The molecule has 94 valence electrons. The molecule has 2 N–H and O–H groups in total. The van der Waals surface area contributed by atoms with E-state index in [-0.39, 0.29) is 0 Å². The Bertz CT molecular complexity index is 341. The minimum absolute atomic E-state index is 0.604. The molecule has 0 bridgehead atoms. The zero-order valence-corrected chi connectivity index (χ0v) is 10.3. The van der Waals surface area contributed by atoms with Gasteiger partial charge in [-0.3, -0.25) is 0 Å². The number of hydrogen-bond acceptors (Lipinski definition) is 5. The Morgan fingerprint density at radius 2 is 2.24 bits per heavy atom. The molecule has 2 heterocycles. The van der Waals surface area contributed by atoms with Gasteiger partial charge in [0.25, 0.3) is 0 Å². The van der Waals surface area contributed by atoms with Gasteiger partial charge in [-0.25, -0.2) is 9.97 Å². The molecule has 0 aliphatic carbocycles. The van der Waals surface area contributed by atoms with Gasteiger partial charge in [-0.05, 0) is 24.9 Å². The fourth-order valence-corrected chi connectivity index (χ4v) is 2.19. The summed E-state index contributed by atoms with van der Waals surface area (Å²) in [6.07, 6.45) is 5.74. The largest absolute Gasteiger partial charge is 0.384 e. The van der Waals surface area contributed by atoms with Crippen LogP contribution in [0.1, 0.15) is 12.0 Å². The van der Waals surface area contributed by atoms with E-state index < -0.39 is 0 Å². The highest BCUT2D eigenvalue weighted by Gasteiger charge is 2.23. The Balaban J connectivity index is 1.94. The van der Waals surface area contributed by atoms with Crippen LogP contribution in [0.25, 0.3) is 0 Å². The van der Waals surface area contributed by atoms with Crippen molar-refractivity contribution in [3.8, 4) is 0 Å². The fourth-order valence-electron chi connectivity index (χ4n) is 2.19. The molecule has 1 aromatic rings. The van der Waals surface area contributed by atoms with Crippen molar-refractivity contribution in [1.82, 2.24) is 9.97 Å². The van der Waals surface area contributed by atoms with Crippen LogP contribution in [0.5, 0.6) is 0 Å². The lowest BCUT2D eigenvalue weighted by molar-refractivity contribution is 0.161. The summed E-state index contributed by atoms with van der Waals surface area (Å²) in [6, 6.07) is 0. The summed E-state index contributed by atoms with van der Waals surface area (Å²) < 4.78 is 5.18. The second kappa shape index (κ2) is 5.93. The Hall–Kier alpha value is -1.20. The summed E-state index contributed by atoms with van der Waals surface area (Å²) in [5, 5.41) is 0. The second-order valence-electron chi connectivity index (χ2n) is 4.49. The minimum Gasteiger partial charge on any atom is -0.384 e. The molecule has 1 saturated heterocycles. The molecule has 17 heavy (non-hydrogen) atoms. The van der Waals surface area contributed by atoms with Crippen LogP contribution in [0, 0.1) is 5.92 Å². The number of ether oxygens (including phenoxy) is 1. The molecule has 0 aromatic carbocycles. The highest BCUT2D eigenvalue weighted by atomic mass is 16.5. The maximum atomic E-state index is 5.49. The molecule has 5 nitrogen and oxygen atoms in total. The van der Waals surface area contributed by atoms with Gasteiger partial charge in [-0.1, -0.05) is 0 Å². The van der Waals surface area contributed by atoms with Crippen LogP contribution in [0.2, 0.25) is 0 Å². The molecular weight excluding hydrogens is 216 g/mol. The summed E-state index contributed by atoms with van der Waals surface area (Å²) in [5.41, 5.74) is 6.59. The van der Waals surface area contributed by atoms with E-state index in [2.05, 4.69) is 14.9 Å². The first-order chi connectivity index (χ1) is 8.33. The van der Waals surface area contributed by atoms with Crippen molar-refractivity contribution in [3.05, 3.63) is 18.0 Å². The van der Waals surface area contributed by atoms with Crippen molar-refractivity contribution in [2.75, 3.05) is 38.3 Å². The van der Waals surface area contributed by atoms with Crippen molar-refractivity contribution in [3.63, 3.8) is 0 Å². The van der Waals surface area contributed by atoms with Crippen LogP contribution in [0.3, 0.4) is 0 Å². The van der Waals surface area contributed by atoms with E-state index in [1.165, 1.54) is 0 Å². The van der Waals surface area contributed by atoms with E-state index in [4.69, 9.17) is 10.5 Å². The lowest BCUT2D eigenvalue weighted by Crippen LogP contribution is -2.23. The van der Waals surface area contributed by atoms with E-state index >= 15 is 0 Å². The first kappa shape index (κ1) is 12.3. The number of nitrogens with zero attached hydrogens (tertiary/aromatic N) is 3. The molecule has 1 fully saturated rings. The summed E-state index contributed by atoms with van der Waals surface area (Å²) in [7, 11) is 1.75. The molecule has 1 aliphatic rings. The average Bonchev–Trinajstić information content (AvgIpc) is 2.80. The van der Waals surface area contributed by atoms with Crippen molar-refractivity contribution >= 4 is 5.95 Å². The quantitative estimate of drug-likeness (QED) is 0.804. The Morgan fingerprint density at radius 1 is 1.47 bits per heavy atom. The number of nitrogens with two attached hydrogens (primary N) is 1. The van der Waals surface area contributed by atoms with Gasteiger partial charge in [0.2, 0.25) is 5.95 Å². The minimum atomic E-state index is 0.604. The maximum Gasteiger partial charge on any atom is 0.225 e. The first-order valence-electron chi connectivity index (χ1n) is 6.08. The van der Waals surface area contributed by atoms with Gasteiger partial charge in [-0.2, -0.15) is 0 Å². The van der Waals surface area contributed by atoms with Gasteiger partial charge in [0.15, 0.2) is 0 Å². The molecular formula is C12H20N4O.